The molecule has 1 fully saturated rings. The van der Waals surface area contributed by atoms with Crippen molar-refractivity contribution in [1.29, 1.82) is 0 Å². The first-order valence-corrected chi connectivity index (χ1v) is 6.26. The number of aryl methyl sites for hydroxylation is 1. The van der Waals surface area contributed by atoms with E-state index < -0.39 is 5.82 Å². The fourth-order valence-corrected chi connectivity index (χ4v) is 2.49. The summed E-state index contributed by atoms with van der Waals surface area (Å²) in [5.41, 5.74) is 0.360. The van der Waals surface area contributed by atoms with Crippen LogP contribution in [0.4, 0.5) is 4.39 Å². The normalized spacial score (nSPS) is 18.4. The lowest BCUT2D eigenvalue weighted by Crippen LogP contribution is -2.07. The molecule has 1 aromatic heterocycles. The number of nitrogens with zero attached hydrogens (tertiary/aromatic N) is 2. The van der Waals surface area contributed by atoms with Crippen LogP contribution in [0.2, 0.25) is 5.15 Å². The number of rotatable bonds is 1. The minimum Gasteiger partial charge on any atom is -0.235 e. The highest BCUT2D eigenvalue weighted by atomic mass is 35.5. The first-order valence-electron chi connectivity index (χ1n) is 5.88. The van der Waals surface area contributed by atoms with Crippen molar-refractivity contribution in [3.05, 3.63) is 22.5 Å². The van der Waals surface area contributed by atoms with Crippen molar-refractivity contribution in [2.75, 3.05) is 0 Å². The van der Waals surface area contributed by atoms with Gasteiger partial charge in [-0.1, -0.05) is 37.3 Å². The third-order valence-electron chi connectivity index (χ3n) is 3.21. The van der Waals surface area contributed by atoms with E-state index in [0.29, 0.717) is 11.6 Å². The van der Waals surface area contributed by atoms with Crippen molar-refractivity contribution in [3.63, 3.8) is 0 Å². The zero-order chi connectivity index (χ0) is 11.5. The number of aromatic nitrogens is 2. The van der Waals surface area contributed by atoms with E-state index >= 15 is 0 Å². The summed E-state index contributed by atoms with van der Waals surface area (Å²) in [6.07, 6.45) is 7.18. The zero-order valence-electron chi connectivity index (χ0n) is 9.47. The molecule has 0 unspecified atom stereocenters. The summed E-state index contributed by atoms with van der Waals surface area (Å²) in [5.74, 6) is 0.601. The molecular formula is C12H16ClFN2. The van der Waals surface area contributed by atoms with Gasteiger partial charge in [-0.3, -0.25) is 0 Å². The highest BCUT2D eigenvalue weighted by molar-refractivity contribution is 6.29. The minimum absolute atomic E-state index is 0.0354. The fraction of sp³-hybridized carbons (Fsp3) is 0.667. The van der Waals surface area contributed by atoms with Crippen molar-refractivity contribution in [1.82, 2.24) is 9.97 Å². The largest absolute Gasteiger partial charge is 0.235 e. The van der Waals surface area contributed by atoms with E-state index in [4.69, 9.17) is 11.6 Å². The van der Waals surface area contributed by atoms with Gasteiger partial charge in [0.15, 0.2) is 11.0 Å². The van der Waals surface area contributed by atoms with Crippen LogP contribution in [0.1, 0.15) is 56.0 Å². The molecule has 0 amide bonds. The third kappa shape index (κ3) is 2.51. The molecule has 0 aromatic carbocycles. The maximum atomic E-state index is 13.3. The van der Waals surface area contributed by atoms with Crippen LogP contribution in [-0.4, -0.2) is 9.97 Å². The molecule has 0 spiro atoms. The van der Waals surface area contributed by atoms with E-state index in [1.165, 1.54) is 25.7 Å². The molecular weight excluding hydrogens is 227 g/mol. The predicted octanol–water partition coefficient (Wildman–Crippen LogP) is 4.02. The van der Waals surface area contributed by atoms with Gasteiger partial charge in [0.05, 0.1) is 5.69 Å². The molecule has 1 aliphatic carbocycles. The molecule has 1 aliphatic rings. The van der Waals surface area contributed by atoms with Gasteiger partial charge in [-0.05, 0) is 19.8 Å². The summed E-state index contributed by atoms with van der Waals surface area (Å²) < 4.78 is 13.3. The van der Waals surface area contributed by atoms with Crippen LogP contribution >= 0.6 is 11.6 Å². The molecule has 0 saturated heterocycles. The maximum absolute atomic E-state index is 13.3. The topological polar surface area (TPSA) is 25.8 Å². The Morgan fingerprint density at radius 2 is 1.75 bits per heavy atom. The molecule has 1 saturated carbocycles. The van der Waals surface area contributed by atoms with E-state index in [9.17, 15) is 4.39 Å². The number of halogens is 2. The molecule has 0 N–H and O–H groups in total. The summed E-state index contributed by atoms with van der Waals surface area (Å²) >= 11 is 5.75. The van der Waals surface area contributed by atoms with Crippen molar-refractivity contribution in [3.8, 4) is 0 Å². The Kier molecular flexibility index (Phi) is 3.74. The van der Waals surface area contributed by atoms with E-state index in [1.54, 1.807) is 6.92 Å². The molecule has 4 heteroatoms. The number of hydrogen-bond donors (Lipinski definition) is 0. The van der Waals surface area contributed by atoms with Crippen LogP contribution in [0, 0.1) is 12.7 Å². The second-order valence-corrected chi connectivity index (χ2v) is 4.82. The Morgan fingerprint density at radius 1 is 1.12 bits per heavy atom. The highest BCUT2D eigenvalue weighted by Crippen LogP contribution is 2.30. The van der Waals surface area contributed by atoms with Gasteiger partial charge in [0.25, 0.3) is 0 Å². The smallest absolute Gasteiger partial charge is 0.181 e. The van der Waals surface area contributed by atoms with Crippen LogP contribution in [0.25, 0.3) is 0 Å². The van der Waals surface area contributed by atoms with Gasteiger partial charge in [0.1, 0.15) is 5.82 Å². The number of hydrogen-bond acceptors (Lipinski definition) is 2. The van der Waals surface area contributed by atoms with Crippen LogP contribution in [0.5, 0.6) is 0 Å². The molecule has 0 aliphatic heterocycles. The standard InChI is InChI=1S/C12H16ClFN2/c1-8-10(14)11(13)16-12(15-8)9-6-4-2-3-5-7-9/h9H,2-7H2,1H3. The lowest BCUT2D eigenvalue weighted by atomic mass is 9.99. The van der Waals surface area contributed by atoms with Crippen molar-refractivity contribution in [2.24, 2.45) is 0 Å². The Balaban J connectivity index is 2.25. The molecule has 1 heterocycles. The Labute approximate surface area is 100 Å². The summed E-state index contributed by atoms with van der Waals surface area (Å²) in [4.78, 5) is 8.31. The van der Waals surface area contributed by atoms with Crippen LogP contribution < -0.4 is 0 Å². The van der Waals surface area contributed by atoms with Crippen molar-refractivity contribution < 1.29 is 4.39 Å². The van der Waals surface area contributed by atoms with Crippen molar-refractivity contribution >= 4 is 11.6 Å². The van der Waals surface area contributed by atoms with Gasteiger partial charge < -0.3 is 0 Å². The first-order chi connectivity index (χ1) is 7.68. The fourth-order valence-electron chi connectivity index (χ4n) is 2.26. The second kappa shape index (κ2) is 5.09. The molecule has 0 atom stereocenters. The summed E-state index contributed by atoms with van der Waals surface area (Å²) in [6, 6.07) is 0. The summed E-state index contributed by atoms with van der Waals surface area (Å²) in [7, 11) is 0. The monoisotopic (exact) mass is 242 g/mol. The molecule has 16 heavy (non-hydrogen) atoms. The van der Waals surface area contributed by atoms with Gasteiger partial charge in [0, 0.05) is 5.92 Å². The van der Waals surface area contributed by atoms with Crippen molar-refractivity contribution in [2.45, 2.75) is 51.4 Å². The highest BCUT2D eigenvalue weighted by Gasteiger charge is 2.19. The third-order valence-corrected chi connectivity index (χ3v) is 3.46. The molecule has 88 valence electrons. The van der Waals surface area contributed by atoms with Crippen LogP contribution in [0.15, 0.2) is 0 Å². The zero-order valence-corrected chi connectivity index (χ0v) is 10.2. The molecule has 2 nitrogen and oxygen atoms in total. The SMILES string of the molecule is Cc1nc(C2CCCCCC2)nc(Cl)c1F. The molecule has 1 aromatic rings. The Morgan fingerprint density at radius 3 is 2.31 bits per heavy atom. The Bertz CT molecular complexity index is 350. The van der Waals surface area contributed by atoms with E-state index in [-0.39, 0.29) is 5.15 Å². The van der Waals surface area contributed by atoms with E-state index in [1.807, 2.05) is 0 Å². The quantitative estimate of drug-likeness (QED) is 0.549. The summed E-state index contributed by atoms with van der Waals surface area (Å²) in [6.45, 7) is 1.64. The first kappa shape index (κ1) is 11.8. The van der Waals surface area contributed by atoms with Crippen LogP contribution in [0.3, 0.4) is 0 Å². The average molecular weight is 243 g/mol. The molecule has 2 rings (SSSR count). The minimum atomic E-state index is -0.487. The average Bonchev–Trinajstić information content (AvgIpc) is 2.53. The van der Waals surface area contributed by atoms with E-state index in [0.717, 1.165) is 18.7 Å². The van der Waals surface area contributed by atoms with Gasteiger partial charge in [-0.2, -0.15) is 0 Å². The molecule has 0 bridgehead atoms. The predicted molar refractivity (Wildman–Crippen MR) is 62.2 cm³/mol. The van der Waals surface area contributed by atoms with Gasteiger partial charge in [-0.25, -0.2) is 14.4 Å². The van der Waals surface area contributed by atoms with E-state index in [2.05, 4.69) is 9.97 Å². The van der Waals surface area contributed by atoms with Gasteiger partial charge >= 0.3 is 0 Å². The summed E-state index contributed by atoms with van der Waals surface area (Å²) in [5, 5.41) is -0.0354. The van der Waals surface area contributed by atoms with Gasteiger partial charge in [-0.15, -0.1) is 0 Å². The molecule has 0 radical (unpaired) electrons. The Hall–Kier alpha value is -0.700. The maximum Gasteiger partial charge on any atom is 0.181 e. The lowest BCUT2D eigenvalue weighted by molar-refractivity contribution is 0.540. The van der Waals surface area contributed by atoms with Crippen LogP contribution in [-0.2, 0) is 0 Å². The lowest BCUT2D eigenvalue weighted by Gasteiger charge is -2.13. The van der Waals surface area contributed by atoms with Gasteiger partial charge in [0.2, 0.25) is 0 Å². The second-order valence-electron chi connectivity index (χ2n) is 4.46.